The van der Waals surface area contributed by atoms with Gasteiger partial charge in [-0.15, -0.1) is 0 Å². The van der Waals surface area contributed by atoms with Gasteiger partial charge in [0.05, 0.1) is 6.61 Å². The van der Waals surface area contributed by atoms with E-state index in [1.807, 2.05) is 37.3 Å². The summed E-state index contributed by atoms with van der Waals surface area (Å²) >= 11 is 0. The molecule has 0 aliphatic heterocycles. The third-order valence-electron chi connectivity index (χ3n) is 3.39. The fourth-order valence-corrected chi connectivity index (χ4v) is 2.44. The van der Waals surface area contributed by atoms with E-state index in [-0.39, 0.29) is 6.04 Å². The van der Waals surface area contributed by atoms with Crippen molar-refractivity contribution in [3.05, 3.63) is 53.7 Å². The predicted molar refractivity (Wildman–Crippen MR) is 86.4 cm³/mol. The zero-order valence-corrected chi connectivity index (χ0v) is 12.7. The smallest absolute Gasteiger partial charge is 0.126 e. The van der Waals surface area contributed by atoms with Gasteiger partial charge >= 0.3 is 0 Å². The van der Waals surface area contributed by atoms with Crippen molar-refractivity contribution >= 4 is 5.82 Å². The molecule has 4 nitrogen and oxygen atoms in total. The number of likely N-dealkylation sites (N-methyl/N-ethyl adjacent to an activating group) is 1. The van der Waals surface area contributed by atoms with Crippen molar-refractivity contribution in [2.24, 2.45) is 0 Å². The molecule has 0 bridgehead atoms. The lowest BCUT2D eigenvalue weighted by atomic mass is 9.98. The Kier molecular flexibility index (Phi) is 5.58. The quantitative estimate of drug-likeness (QED) is 0.821. The fraction of sp³-hybridized carbons (Fsp3) is 0.353. The summed E-state index contributed by atoms with van der Waals surface area (Å²) in [7, 11) is 0. The van der Waals surface area contributed by atoms with E-state index in [1.54, 1.807) is 6.20 Å². The Morgan fingerprint density at radius 2 is 2.00 bits per heavy atom. The minimum Gasteiger partial charge on any atom is -0.494 e. The highest BCUT2D eigenvalue weighted by molar-refractivity contribution is 5.42. The molecule has 0 spiro atoms. The van der Waals surface area contributed by atoms with E-state index < -0.39 is 0 Å². The maximum atomic E-state index is 5.97. The van der Waals surface area contributed by atoms with Crippen molar-refractivity contribution in [1.82, 2.24) is 10.3 Å². The van der Waals surface area contributed by atoms with Crippen molar-refractivity contribution < 1.29 is 4.74 Å². The van der Waals surface area contributed by atoms with Gasteiger partial charge in [0.15, 0.2) is 0 Å². The Labute approximate surface area is 126 Å². The minimum atomic E-state index is 0.157. The van der Waals surface area contributed by atoms with Gasteiger partial charge in [-0.25, -0.2) is 4.98 Å². The molecular weight excluding hydrogens is 262 g/mol. The molecule has 0 amide bonds. The van der Waals surface area contributed by atoms with Crippen molar-refractivity contribution in [1.29, 1.82) is 0 Å². The van der Waals surface area contributed by atoms with E-state index in [0.29, 0.717) is 12.4 Å². The number of aromatic nitrogens is 1. The van der Waals surface area contributed by atoms with Crippen LogP contribution < -0.4 is 15.8 Å². The average Bonchev–Trinajstić information content (AvgIpc) is 2.50. The summed E-state index contributed by atoms with van der Waals surface area (Å²) in [6, 6.07) is 12.2. The van der Waals surface area contributed by atoms with Gasteiger partial charge in [0.25, 0.3) is 0 Å². The maximum Gasteiger partial charge on any atom is 0.126 e. The molecule has 0 aliphatic rings. The highest BCUT2D eigenvalue weighted by Crippen LogP contribution is 2.28. The van der Waals surface area contributed by atoms with Crippen LogP contribution in [-0.2, 0) is 6.42 Å². The average molecular weight is 285 g/mol. The zero-order chi connectivity index (χ0) is 15.1. The van der Waals surface area contributed by atoms with Crippen LogP contribution in [0.1, 0.15) is 31.0 Å². The molecule has 1 atom stereocenters. The Hall–Kier alpha value is -2.07. The summed E-state index contributed by atoms with van der Waals surface area (Å²) in [4.78, 5) is 4.16. The number of rotatable bonds is 7. The molecule has 1 unspecified atom stereocenters. The van der Waals surface area contributed by atoms with Crippen molar-refractivity contribution in [3.8, 4) is 5.75 Å². The highest BCUT2D eigenvalue weighted by Gasteiger charge is 2.17. The van der Waals surface area contributed by atoms with Crippen molar-refractivity contribution in [3.63, 3.8) is 0 Å². The fourth-order valence-electron chi connectivity index (χ4n) is 2.44. The monoisotopic (exact) mass is 285 g/mol. The van der Waals surface area contributed by atoms with Gasteiger partial charge in [0, 0.05) is 17.8 Å². The molecule has 21 heavy (non-hydrogen) atoms. The first-order chi connectivity index (χ1) is 10.3. The topological polar surface area (TPSA) is 60.2 Å². The first-order valence-corrected chi connectivity index (χ1v) is 7.40. The van der Waals surface area contributed by atoms with E-state index in [1.165, 1.54) is 0 Å². The molecule has 1 heterocycles. The van der Waals surface area contributed by atoms with Crippen molar-refractivity contribution in [2.75, 3.05) is 18.9 Å². The van der Waals surface area contributed by atoms with Gasteiger partial charge in [0.2, 0.25) is 0 Å². The molecule has 4 heteroatoms. The summed E-state index contributed by atoms with van der Waals surface area (Å²) in [6.45, 7) is 5.64. The van der Waals surface area contributed by atoms with Gasteiger partial charge in [-0.2, -0.15) is 0 Å². The van der Waals surface area contributed by atoms with Gasteiger partial charge in [-0.1, -0.05) is 31.2 Å². The number of benzene rings is 1. The van der Waals surface area contributed by atoms with Gasteiger partial charge in [0.1, 0.15) is 11.6 Å². The van der Waals surface area contributed by atoms with Crippen LogP contribution in [0.25, 0.3) is 0 Å². The summed E-state index contributed by atoms with van der Waals surface area (Å²) in [5.74, 6) is 1.52. The molecule has 2 aromatic rings. The predicted octanol–water partition coefficient (Wildman–Crippen LogP) is 2.96. The lowest BCUT2D eigenvalue weighted by Crippen LogP contribution is -2.24. The van der Waals surface area contributed by atoms with Crippen molar-refractivity contribution in [2.45, 2.75) is 26.3 Å². The first-order valence-electron chi connectivity index (χ1n) is 7.40. The number of anilines is 1. The number of nitrogens with one attached hydrogen (secondary N) is 1. The number of ether oxygens (including phenoxy) is 1. The van der Waals surface area contributed by atoms with Crippen LogP contribution in [0.5, 0.6) is 5.75 Å². The SMILES string of the molecule is CCNC(Cc1cccnc1N)c1ccccc1OCC. The van der Waals surface area contributed by atoms with Crippen LogP contribution in [0, 0.1) is 0 Å². The van der Waals surface area contributed by atoms with Gasteiger partial charge < -0.3 is 15.8 Å². The third-order valence-corrected chi connectivity index (χ3v) is 3.39. The van der Waals surface area contributed by atoms with E-state index in [0.717, 1.165) is 29.8 Å². The number of nitrogen functional groups attached to an aromatic ring is 1. The first kappa shape index (κ1) is 15.3. The number of hydrogen-bond acceptors (Lipinski definition) is 4. The lowest BCUT2D eigenvalue weighted by Gasteiger charge is -2.21. The Morgan fingerprint density at radius 1 is 1.19 bits per heavy atom. The van der Waals surface area contributed by atoms with Crippen LogP contribution in [0.2, 0.25) is 0 Å². The van der Waals surface area contributed by atoms with Gasteiger partial charge in [-0.05, 0) is 37.6 Å². The van der Waals surface area contributed by atoms with Crippen LogP contribution in [-0.4, -0.2) is 18.1 Å². The number of nitrogens with two attached hydrogens (primary N) is 1. The maximum absolute atomic E-state index is 5.97. The number of nitrogens with zero attached hydrogens (tertiary/aromatic N) is 1. The number of para-hydroxylation sites is 1. The van der Waals surface area contributed by atoms with E-state index in [9.17, 15) is 0 Å². The molecule has 112 valence electrons. The zero-order valence-electron chi connectivity index (χ0n) is 12.7. The molecule has 0 saturated heterocycles. The summed E-state index contributed by atoms with van der Waals surface area (Å²) in [5, 5.41) is 3.51. The summed E-state index contributed by atoms with van der Waals surface area (Å²) in [6.07, 6.45) is 2.51. The minimum absolute atomic E-state index is 0.157. The second kappa shape index (κ2) is 7.64. The lowest BCUT2D eigenvalue weighted by molar-refractivity contribution is 0.331. The Bertz CT molecular complexity index is 571. The van der Waals surface area contributed by atoms with Crippen LogP contribution in [0.4, 0.5) is 5.82 Å². The molecule has 0 fully saturated rings. The summed E-state index contributed by atoms with van der Waals surface area (Å²) < 4.78 is 5.75. The third kappa shape index (κ3) is 3.95. The molecule has 1 aromatic heterocycles. The second-order valence-corrected chi connectivity index (χ2v) is 4.83. The molecule has 0 aliphatic carbocycles. The van der Waals surface area contributed by atoms with E-state index in [2.05, 4.69) is 23.3 Å². The molecule has 2 rings (SSSR count). The van der Waals surface area contributed by atoms with Crippen LogP contribution in [0.15, 0.2) is 42.6 Å². The second-order valence-electron chi connectivity index (χ2n) is 4.83. The van der Waals surface area contributed by atoms with E-state index in [4.69, 9.17) is 10.5 Å². The molecule has 0 saturated carbocycles. The van der Waals surface area contributed by atoms with Crippen LogP contribution in [0.3, 0.4) is 0 Å². The number of hydrogen-bond donors (Lipinski definition) is 2. The molecule has 1 aromatic carbocycles. The number of pyridine rings is 1. The molecule has 3 N–H and O–H groups in total. The Morgan fingerprint density at radius 3 is 2.71 bits per heavy atom. The molecule has 0 radical (unpaired) electrons. The standard InChI is InChI=1S/C17H23N3O/c1-3-19-15(12-13-8-7-11-20-17(13)18)14-9-5-6-10-16(14)21-4-2/h5-11,15,19H,3-4,12H2,1-2H3,(H2,18,20). The highest BCUT2D eigenvalue weighted by atomic mass is 16.5. The molecular formula is C17H23N3O. The van der Waals surface area contributed by atoms with E-state index >= 15 is 0 Å². The Balaban J connectivity index is 2.29. The van der Waals surface area contributed by atoms with Crippen LogP contribution >= 0.6 is 0 Å². The normalized spacial score (nSPS) is 12.1. The summed E-state index contributed by atoms with van der Waals surface area (Å²) in [5.41, 5.74) is 8.18. The van der Waals surface area contributed by atoms with Gasteiger partial charge in [-0.3, -0.25) is 0 Å². The largest absolute Gasteiger partial charge is 0.494 e.